The molecule has 0 bridgehead atoms. The fourth-order valence-corrected chi connectivity index (χ4v) is 6.50. The van der Waals surface area contributed by atoms with Crippen molar-refractivity contribution < 1.29 is 17.9 Å². The molecule has 7 heteroatoms. The predicted molar refractivity (Wildman–Crippen MR) is 89.9 cm³/mol. The van der Waals surface area contributed by atoms with Crippen LogP contribution in [0.3, 0.4) is 0 Å². The van der Waals surface area contributed by atoms with Gasteiger partial charge in [0.15, 0.2) is 0 Å². The summed E-state index contributed by atoms with van der Waals surface area (Å²) in [6.07, 6.45) is 5.83. The van der Waals surface area contributed by atoms with Gasteiger partial charge in [0.2, 0.25) is 10.0 Å². The maximum Gasteiger partial charge on any atom is 0.251 e. The van der Waals surface area contributed by atoms with Gasteiger partial charge in [0, 0.05) is 26.2 Å². The van der Waals surface area contributed by atoms with Gasteiger partial charge in [0.05, 0.1) is 10.9 Å². The summed E-state index contributed by atoms with van der Waals surface area (Å²) in [7, 11) is -3.11. The fraction of sp³-hybridized carbons (Fsp3) is 0.941. The average Bonchev–Trinajstić information content (AvgIpc) is 3.13. The van der Waals surface area contributed by atoms with E-state index in [-0.39, 0.29) is 28.8 Å². The molecule has 4 rings (SSSR count). The molecule has 3 atom stereocenters. The number of sulfonamides is 1. The monoisotopic (exact) mass is 356 g/mol. The first-order valence-electron chi connectivity index (χ1n) is 9.38. The molecule has 136 valence electrons. The Morgan fingerprint density at radius 2 is 1.79 bits per heavy atom. The molecule has 3 saturated heterocycles. The Balaban J connectivity index is 1.41. The van der Waals surface area contributed by atoms with Gasteiger partial charge in [-0.1, -0.05) is 6.92 Å². The quantitative estimate of drug-likeness (QED) is 0.766. The highest BCUT2D eigenvalue weighted by atomic mass is 32.2. The second-order valence-electron chi connectivity index (χ2n) is 8.00. The third kappa shape index (κ3) is 2.78. The van der Waals surface area contributed by atoms with E-state index in [0.29, 0.717) is 19.5 Å². The second-order valence-corrected chi connectivity index (χ2v) is 10.2. The number of nitrogens with zero attached hydrogens (tertiary/aromatic N) is 2. The van der Waals surface area contributed by atoms with Gasteiger partial charge in [-0.2, -0.15) is 0 Å². The van der Waals surface area contributed by atoms with E-state index >= 15 is 0 Å². The Hall–Kier alpha value is -0.660. The Bertz CT molecular complexity index is 612. The summed E-state index contributed by atoms with van der Waals surface area (Å²) in [5, 5.41) is -0.146. The second kappa shape index (κ2) is 5.95. The molecule has 3 heterocycles. The van der Waals surface area contributed by atoms with E-state index in [4.69, 9.17) is 4.74 Å². The van der Waals surface area contributed by atoms with Crippen molar-refractivity contribution in [2.75, 3.05) is 26.2 Å². The zero-order valence-electron chi connectivity index (χ0n) is 14.4. The zero-order chi connectivity index (χ0) is 16.9. The van der Waals surface area contributed by atoms with Crippen molar-refractivity contribution in [3.63, 3.8) is 0 Å². The summed E-state index contributed by atoms with van der Waals surface area (Å²) in [6, 6.07) is 0. The van der Waals surface area contributed by atoms with Crippen LogP contribution in [0.2, 0.25) is 0 Å². The standard InChI is InChI=1S/C17H28N2O4S/c1-13-12-19(24(21,22)14-4-5-14)11-8-17(13)7-6-15(23-17)16(20)18-9-2-3-10-18/h13-15H,2-12H2,1H3/t13-,15+,17+/m1/s1. The number of carbonyl (C=O) groups is 1. The summed E-state index contributed by atoms with van der Waals surface area (Å²) < 4.78 is 32.9. The van der Waals surface area contributed by atoms with Gasteiger partial charge in [-0.25, -0.2) is 12.7 Å². The Kier molecular flexibility index (Phi) is 4.16. The smallest absolute Gasteiger partial charge is 0.251 e. The fourth-order valence-electron chi connectivity index (χ4n) is 4.57. The SMILES string of the molecule is C[C@@H]1CN(S(=O)(=O)C2CC2)CC[C@@]12CC[C@@H](C(=O)N1CCCC1)O2. The largest absolute Gasteiger partial charge is 0.362 e. The van der Waals surface area contributed by atoms with Gasteiger partial charge < -0.3 is 9.64 Å². The molecule has 3 aliphatic heterocycles. The first-order valence-corrected chi connectivity index (χ1v) is 10.9. The van der Waals surface area contributed by atoms with E-state index in [9.17, 15) is 13.2 Å². The number of piperidine rings is 1. The van der Waals surface area contributed by atoms with Gasteiger partial charge in [0.25, 0.3) is 5.91 Å². The highest BCUT2D eigenvalue weighted by Crippen LogP contribution is 2.44. The van der Waals surface area contributed by atoms with Gasteiger partial charge in [-0.05, 0) is 50.9 Å². The van der Waals surface area contributed by atoms with Crippen LogP contribution < -0.4 is 0 Å². The van der Waals surface area contributed by atoms with E-state index in [1.807, 2.05) is 4.90 Å². The third-order valence-electron chi connectivity index (χ3n) is 6.37. The molecule has 0 aromatic carbocycles. The number of hydrogen-bond donors (Lipinski definition) is 0. The van der Waals surface area contributed by atoms with Crippen molar-refractivity contribution in [1.82, 2.24) is 9.21 Å². The summed E-state index contributed by atoms with van der Waals surface area (Å²) in [5.41, 5.74) is -0.310. The summed E-state index contributed by atoms with van der Waals surface area (Å²) >= 11 is 0. The minimum atomic E-state index is -3.11. The molecular formula is C17H28N2O4S. The first-order chi connectivity index (χ1) is 11.4. The number of amides is 1. The lowest BCUT2D eigenvalue weighted by molar-refractivity contribution is -0.154. The molecular weight excluding hydrogens is 328 g/mol. The molecule has 1 amide bonds. The molecule has 1 spiro atoms. The van der Waals surface area contributed by atoms with Gasteiger partial charge >= 0.3 is 0 Å². The zero-order valence-corrected chi connectivity index (χ0v) is 15.3. The molecule has 0 unspecified atom stereocenters. The highest BCUT2D eigenvalue weighted by molar-refractivity contribution is 7.90. The van der Waals surface area contributed by atoms with Crippen molar-refractivity contribution in [3.8, 4) is 0 Å². The predicted octanol–water partition coefficient (Wildman–Crippen LogP) is 1.36. The number of rotatable bonds is 3. The van der Waals surface area contributed by atoms with E-state index in [1.54, 1.807) is 4.31 Å². The van der Waals surface area contributed by atoms with Crippen molar-refractivity contribution >= 4 is 15.9 Å². The third-order valence-corrected chi connectivity index (χ3v) is 8.73. The molecule has 0 aromatic heterocycles. The minimum absolute atomic E-state index is 0.135. The van der Waals surface area contributed by atoms with Crippen LogP contribution in [0.5, 0.6) is 0 Å². The van der Waals surface area contributed by atoms with Crippen LogP contribution in [0.4, 0.5) is 0 Å². The molecule has 0 radical (unpaired) electrons. The summed E-state index contributed by atoms with van der Waals surface area (Å²) in [6.45, 7) is 4.86. The average molecular weight is 356 g/mol. The number of hydrogen-bond acceptors (Lipinski definition) is 4. The van der Waals surface area contributed by atoms with E-state index < -0.39 is 10.0 Å². The van der Waals surface area contributed by atoms with Gasteiger partial charge in [-0.3, -0.25) is 4.79 Å². The molecule has 4 aliphatic rings. The molecule has 0 aromatic rings. The Morgan fingerprint density at radius 3 is 2.42 bits per heavy atom. The lowest BCUT2D eigenvalue weighted by Gasteiger charge is -2.43. The molecule has 0 N–H and O–H groups in total. The topological polar surface area (TPSA) is 66.9 Å². The van der Waals surface area contributed by atoms with Crippen molar-refractivity contribution in [2.45, 2.75) is 68.8 Å². The van der Waals surface area contributed by atoms with Crippen LogP contribution in [0.25, 0.3) is 0 Å². The molecule has 1 aliphatic carbocycles. The summed E-state index contributed by atoms with van der Waals surface area (Å²) in [4.78, 5) is 14.5. The lowest BCUT2D eigenvalue weighted by Crippen LogP contribution is -2.53. The van der Waals surface area contributed by atoms with E-state index in [1.165, 1.54) is 0 Å². The van der Waals surface area contributed by atoms with Crippen molar-refractivity contribution in [1.29, 1.82) is 0 Å². The van der Waals surface area contributed by atoms with Crippen LogP contribution in [0.1, 0.15) is 51.9 Å². The van der Waals surface area contributed by atoms with Crippen LogP contribution in [0, 0.1) is 5.92 Å². The maximum absolute atomic E-state index is 12.6. The molecule has 1 saturated carbocycles. The number of carbonyl (C=O) groups excluding carboxylic acids is 1. The van der Waals surface area contributed by atoms with Crippen LogP contribution in [0.15, 0.2) is 0 Å². The normalized spacial score (nSPS) is 38.1. The molecule has 24 heavy (non-hydrogen) atoms. The van der Waals surface area contributed by atoms with Crippen molar-refractivity contribution in [3.05, 3.63) is 0 Å². The maximum atomic E-state index is 12.6. The van der Waals surface area contributed by atoms with Crippen LogP contribution in [-0.2, 0) is 19.6 Å². The Morgan fingerprint density at radius 1 is 1.08 bits per heavy atom. The van der Waals surface area contributed by atoms with Crippen LogP contribution >= 0.6 is 0 Å². The van der Waals surface area contributed by atoms with E-state index in [2.05, 4.69) is 6.92 Å². The number of ether oxygens (including phenoxy) is 1. The first kappa shape index (κ1) is 16.8. The lowest BCUT2D eigenvalue weighted by atomic mass is 9.81. The van der Waals surface area contributed by atoms with E-state index in [0.717, 1.165) is 51.6 Å². The summed E-state index contributed by atoms with van der Waals surface area (Å²) in [5.74, 6) is 0.278. The molecule has 4 fully saturated rings. The van der Waals surface area contributed by atoms with Crippen LogP contribution in [-0.4, -0.2) is 66.7 Å². The molecule has 6 nitrogen and oxygen atoms in total. The minimum Gasteiger partial charge on any atom is -0.362 e. The van der Waals surface area contributed by atoms with Gasteiger partial charge in [0.1, 0.15) is 6.10 Å². The number of likely N-dealkylation sites (tertiary alicyclic amines) is 1. The highest BCUT2D eigenvalue weighted by Gasteiger charge is 2.52. The van der Waals surface area contributed by atoms with Crippen molar-refractivity contribution in [2.24, 2.45) is 5.92 Å². The Labute approximate surface area is 144 Å². The van der Waals surface area contributed by atoms with Gasteiger partial charge in [-0.15, -0.1) is 0 Å².